The van der Waals surface area contributed by atoms with Crippen LogP contribution in [0.5, 0.6) is 0 Å². The van der Waals surface area contributed by atoms with Gasteiger partial charge in [0, 0.05) is 11.9 Å². The normalized spacial score (nSPS) is 41.5. The van der Waals surface area contributed by atoms with Crippen molar-refractivity contribution in [3.8, 4) is 0 Å². The van der Waals surface area contributed by atoms with Crippen LogP contribution in [0, 0.1) is 17.8 Å². The third-order valence-corrected chi connectivity index (χ3v) is 6.05. The highest BCUT2D eigenvalue weighted by atomic mass is 15.2. The van der Waals surface area contributed by atoms with Crippen LogP contribution in [0.4, 0.5) is 0 Å². The molecule has 1 aliphatic heterocycles. The monoisotopic (exact) mass is 256 g/mol. The van der Waals surface area contributed by atoms with Crippen molar-refractivity contribution < 1.29 is 0 Å². The highest BCUT2D eigenvalue weighted by Gasteiger charge is 2.55. The number of aromatic nitrogens is 1. The first kappa shape index (κ1) is 11.9. The first-order valence-corrected chi connectivity index (χ1v) is 7.87. The SMILES string of the molecule is C[C@@H]1C[C@@H]2Cc3ncccc3[C@@]3(C1)[C@H]2CCCN3C. The molecule has 3 aliphatic rings. The molecule has 2 bridgehead atoms. The molecule has 2 heterocycles. The van der Waals surface area contributed by atoms with Gasteiger partial charge in [0.2, 0.25) is 0 Å². The Bertz CT molecular complexity index is 498. The molecule has 0 aromatic carbocycles. The van der Waals surface area contributed by atoms with E-state index in [2.05, 4.69) is 31.0 Å². The average molecular weight is 256 g/mol. The molecule has 2 nitrogen and oxygen atoms in total. The fraction of sp³-hybridized carbons (Fsp3) is 0.706. The van der Waals surface area contributed by atoms with Gasteiger partial charge in [-0.2, -0.15) is 0 Å². The maximum atomic E-state index is 4.72. The molecule has 19 heavy (non-hydrogen) atoms. The van der Waals surface area contributed by atoms with Crippen LogP contribution < -0.4 is 0 Å². The molecule has 0 unspecified atom stereocenters. The molecule has 4 rings (SSSR count). The van der Waals surface area contributed by atoms with E-state index >= 15 is 0 Å². The molecule has 0 amide bonds. The van der Waals surface area contributed by atoms with Crippen LogP contribution in [0.25, 0.3) is 0 Å². The molecule has 1 saturated heterocycles. The van der Waals surface area contributed by atoms with Crippen molar-refractivity contribution in [1.82, 2.24) is 9.88 Å². The Balaban J connectivity index is 1.93. The Morgan fingerprint density at radius 1 is 1.42 bits per heavy atom. The lowest BCUT2D eigenvalue weighted by atomic mass is 9.53. The highest BCUT2D eigenvalue weighted by molar-refractivity contribution is 5.35. The van der Waals surface area contributed by atoms with Crippen LogP contribution in [-0.4, -0.2) is 23.5 Å². The van der Waals surface area contributed by atoms with Gasteiger partial charge in [-0.1, -0.05) is 13.0 Å². The topological polar surface area (TPSA) is 16.1 Å². The van der Waals surface area contributed by atoms with Gasteiger partial charge in [-0.25, -0.2) is 0 Å². The molecule has 2 heteroatoms. The van der Waals surface area contributed by atoms with E-state index in [1.165, 1.54) is 44.3 Å². The smallest absolute Gasteiger partial charge is 0.0509 e. The number of nitrogens with zero attached hydrogens (tertiary/aromatic N) is 2. The van der Waals surface area contributed by atoms with E-state index in [-0.39, 0.29) is 0 Å². The van der Waals surface area contributed by atoms with Gasteiger partial charge in [0.15, 0.2) is 0 Å². The Hall–Kier alpha value is -0.890. The van der Waals surface area contributed by atoms with E-state index < -0.39 is 0 Å². The predicted octanol–water partition coefficient (Wildman–Crippen LogP) is 3.22. The highest BCUT2D eigenvalue weighted by Crippen LogP contribution is 2.58. The quantitative estimate of drug-likeness (QED) is 0.708. The molecule has 0 radical (unpaired) electrons. The first-order valence-electron chi connectivity index (χ1n) is 7.87. The van der Waals surface area contributed by atoms with Crippen LogP contribution in [0.2, 0.25) is 0 Å². The molecule has 102 valence electrons. The summed E-state index contributed by atoms with van der Waals surface area (Å²) in [6, 6.07) is 4.51. The first-order chi connectivity index (χ1) is 9.22. The second kappa shape index (κ2) is 4.05. The summed E-state index contributed by atoms with van der Waals surface area (Å²) in [6.45, 7) is 3.71. The van der Waals surface area contributed by atoms with Crippen molar-refractivity contribution in [3.05, 3.63) is 29.6 Å². The fourth-order valence-corrected chi connectivity index (χ4v) is 5.48. The van der Waals surface area contributed by atoms with Crippen molar-refractivity contribution in [2.75, 3.05) is 13.6 Å². The van der Waals surface area contributed by atoms with Crippen LogP contribution in [-0.2, 0) is 12.0 Å². The van der Waals surface area contributed by atoms with Crippen LogP contribution in [0.3, 0.4) is 0 Å². The summed E-state index contributed by atoms with van der Waals surface area (Å²) in [5.41, 5.74) is 3.26. The minimum atomic E-state index is 0.308. The van der Waals surface area contributed by atoms with Gasteiger partial charge in [-0.3, -0.25) is 9.88 Å². The maximum absolute atomic E-state index is 4.72. The molecule has 4 atom stereocenters. The van der Waals surface area contributed by atoms with Crippen LogP contribution >= 0.6 is 0 Å². The summed E-state index contributed by atoms with van der Waals surface area (Å²) in [4.78, 5) is 7.39. The molecule has 1 aromatic rings. The second-order valence-electron chi connectivity index (χ2n) is 7.10. The van der Waals surface area contributed by atoms with Crippen molar-refractivity contribution >= 4 is 0 Å². The maximum Gasteiger partial charge on any atom is 0.0509 e. The average Bonchev–Trinajstić information content (AvgIpc) is 2.39. The van der Waals surface area contributed by atoms with E-state index in [0.717, 1.165) is 17.8 Å². The Labute approximate surface area is 116 Å². The summed E-state index contributed by atoms with van der Waals surface area (Å²) >= 11 is 0. The number of likely N-dealkylation sites (tertiary alicyclic amines) is 1. The largest absolute Gasteiger partial charge is 0.296 e. The predicted molar refractivity (Wildman–Crippen MR) is 76.9 cm³/mol. The molecular formula is C17H24N2. The minimum absolute atomic E-state index is 0.308. The third kappa shape index (κ3) is 1.50. The lowest BCUT2D eigenvalue weighted by Gasteiger charge is -2.60. The molecule has 0 spiro atoms. The summed E-state index contributed by atoms with van der Waals surface area (Å²) in [6.07, 6.45) is 8.76. The molecular weight excluding hydrogens is 232 g/mol. The Morgan fingerprint density at radius 3 is 3.21 bits per heavy atom. The summed E-state index contributed by atoms with van der Waals surface area (Å²) in [5, 5.41) is 0. The Morgan fingerprint density at radius 2 is 2.32 bits per heavy atom. The van der Waals surface area contributed by atoms with Crippen molar-refractivity contribution in [2.45, 2.75) is 44.6 Å². The number of fused-ring (bicyclic) bond motifs is 1. The summed E-state index contributed by atoms with van der Waals surface area (Å²) in [5.74, 6) is 2.60. The summed E-state index contributed by atoms with van der Waals surface area (Å²) in [7, 11) is 2.35. The number of rotatable bonds is 0. The molecule has 1 aromatic heterocycles. The third-order valence-electron chi connectivity index (χ3n) is 6.05. The van der Waals surface area contributed by atoms with Gasteiger partial charge in [0.05, 0.1) is 5.54 Å². The van der Waals surface area contributed by atoms with E-state index in [4.69, 9.17) is 4.98 Å². The van der Waals surface area contributed by atoms with E-state index in [9.17, 15) is 0 Å². The van der Waals surface area contributed by atoms with Crippen molar-refractivity contribution in [2.24, 2.45) is 17.8 Å². The number of pyridine rings is 1. The lowest BCUT2D eigenvalue weighted by molar-refractivity contribution is -0.0790. The van der Waals surface area contributed by atoms with Gasteiger partial charge < -0.3 is 0 Å². The molecule has 1 saturated carbocycles. The number of piperidine rings is 1. The zero-order valence-corrected chi connectivity index (χ0v) is 12.1. The molecule has 2 aliphatic carbocycles. The van der Waals surface area contributed by atoms with Crippen LogP contribution in [0.15, 0.2) is 18.3 Å². The van der Waals surface area contributed by atoms with Gasteiger partial charge in [-0.15, -0.1) is 0 Å². The summed E-state index contributed by atoms with van der Waals surface area (Å²) < 4.78 is 0. The second-order valence-corrected chi connectivity index (χ2v) is 7.10. The van der Waals surface area contributed by atoms with E-state index in [1.54, 1.807) is 5.56 Å². The van der Waals surface area contributed by atoms with E-state index in [0.29, 0.717) is 5.54 Å². The molecule has 0 N–H and O–H groups in total. The lowest BCUT2D eigenvalue weighted by Crippen LogP contribution is -2.60. The van der Waals surface area contributed by atoms with Crippen molar-refractivity contribution in [1.29, 1.82) is 0 Å². The van der Waals surface area contributed by atoms with Crippen molar-refractivity contribution in [3.63, 3.8) is 0 Å². The zero-order valence-electron chi connectivity index (χ0n) is 12.1. The van der Waals surface area contributed by atoms with Gasteiger partial charge in [0.1, 0.15) is 0 Å². The van der Waals surface area contributed by atoms with Gasteiger partial charge in [0.25, 0.3) is 0 Å². The van der Waals surface area contributed by atoms with Gasteiger partial charge in [-0.05, 0) is 75.1 Å². The molecule has 2 fully saturated rings. The van der Waals surface area contributed by atoms with Gasteiger partial charge >= 0.3 is 0 Å². The Kier molecular flexibility index (Phi) is 2.54. The fourth-order valence-electron chi connectivity index (χ4n) is 5.48. The standard InChI is InChI=1S/C17H24N2/c1-12-9-13-10-16-15(5-3-7-18-16)17(11-12)14(13)6-4-8-19(17)2/h3,5,7,12-14H,4,6,8-11H2,1-2H3/t12-,13-,14+,17-/m1/s1. The number of hydrogen-bond donors (Lipinski definition) is 0. The number of hydrogen-bond acceptors (Lipinski definition) is 2. The zero-order chi connectivity index (χ0) is 13.0. The minimum Gasteiger partial charge on any atom is -0.296 e. The van der Waals surface area contributed by atoms with Crippen LogP contribution in [0.1, 0.15) is 43.9 Å². The van der Waals surface area contributed by atoms with E-state index in [1.807, 2.05) is 6.20 Å².